The van der Waals surface area contributed by atoms with Gasteiger partial charge in [0, 0.05) is 11.4 Å². The number of aromatic nitrogens is 6. The zero-order valence-corrected chi connectivity index (χ0v) is 20.8. The second-order valence-electron chi connectivity index (χ2n) is 8.81. The van der Waals surface area contributed by atoms with E-state index in [1.807, 2.05) is 70.6 Å². The van der Waals surface area contributed by atoms with Crippen molar-refractivity contribution in [2.75, 3.05) is 0 Å². The predicted molar refractivity (Wildman–Crippen MR) is 143 cm³/mol. The van der Waals surface area contributed by atoms with Gasteiger partial charge in [0.15, 0.2) is 5.16 Å². The first-order valence-corrected chi connectivity index (χ1v) is 12.7. The van der Waals surface area contributed by atoms with Gasteiger partial charge in [0.1, 0.15) is 0 Å². The molecule has 0 saturated heterocycles. The van der Waals surface area contributed by atoms with Crippen molar-refractivity contribution in [3.8, 4) is 5.69 Å². The van der Waals surface area contributed by atoms with Gasteiger partial charge in [0.05, 0.1) is 28.8 Å². The van der Waals surface area contributed by atoms with Crippen LogP contribution in [0, 0.1) is 13.8 Å². The molecule has 6 rings (SSSR count). The lowest BCUT2D eigenvalue weighted by Gasteiger charge is -2.11. The SMILES string of the molecule is Cc1cc(C)n(-c2ccc(CSc3nnc4n(Cc5ccccc5)c(=O)c5ccccc5n34)cc2)n1. The normalized spacial score (nSPS) is 11.5. The van der Waals surface area contributed by atoms with E-state index in [0.717, 1.165) is 39.1 Å². The smallest absolute Gasteiger partial charge is 0.263 e. The highest BCUT2D eigenvalue weighted by molar-refractivity contribution is 7.98. The van der Waals surface area contributed by atoms with Crippen molar-refractivity contribution < 1.29 is 0 Å². The fourth-order valence-corrected chi connectivity index (χ4v) is 5.40. The molecular weight excluding hydrogens is 468 g/mol. The quantitative estimate of drug-likeness (QED) is 0.299. The van der Waals surface area contributed by atoms with Gasteiger partial charge in [-0.15, -0.1) is 10.2 Å². The molecule has 0 saturated carbocycles. The van der Waals surface area contributed by atoms with Crippen molar-refractivity contribution in [2.24, 2.45) is 0 Å². The molecule has 0 aliphatic heterocycles. The molecule has 0 unspecified atom stereocenters. The molecule has 0 N–H and O–H groups in total. The van der Waals surface area contributed by atoms with Crippen LogP contribution in [-0.2, 0) is 12.3 Å². The van der Waals surface area contributed by atoms with E-state index in [2.05, 4.69) is 52.6 Å². The molecule has 7 nitrogen and oxygen atoms in total. The van der Waals surface area contributed by atoms with Crippen LogP contribution in [0.15, 0.2) is 94.9 Å². The number of benzene rings is 3. The van der Waals surface area contributed by atoms with Gasteiger partial charge in [-0.3, -0.25) is 13.8 Å². The Balaban J connectivity index is 1.35. The lowest BCUT2D eigenvalue weighted by Crippen LogP contribution is -2.24. The van der Waals surface area contributed by atoms with Crippen LogP contribution in [0.2, 0.25) is 0 Å². The summed E-state index contributed by atoms with van der Waals surface area (Å²) >= 11 is 1.61. The summed E-state index contributed by atoms with van der Waals surface area (Å²) in [6.07, 6.45) is 0. The lowest BCUT2D eigenvalue weighted by molar-refractivity contribution is 0.764. The molecule has 3 heterocycles. The number of hydrogen-bond donors (Lipinski definition) is 0. The Morgan fingerprint density at radius 1 is 0.833 bits per heavy atom. The number of aryl methyl sites for hydroxylation is 2. The van der Waals surface area contributed by atoms with E-state index < -0.39 is 0 Å². The minimum Gasteiger partial charge on any atom is -0.272 e. The summed E-state index contributed by atoms with van der Waals surface area (Å²) < 4.78 is 5.66. The molecule has 178 valence electrons. The zero-order chi connectivity index (χ0) is 24.6. The monoisotopic (exact) mass is 492 g/mol. The van der Waals surface area contributed by atoms with E-state index in [1.54, 1.807) is 16.3 Å². The van der Waals surface area contributed by atoms with E-state index in [4.69, 9.17) is 0 Å². The third-order valence-electron chi connectivity index (χ3n) is 6.22. The average molecular weight is 493 g/mol. The summed E-state index contributed by atoms with van der Waals surface area (Å²) in [4.78, 5) is 13.4. The highest BCUT2D eigenvalue weighted by Crippen LogP contribution is 2.25. The molecule has 0 aliphatic rings. The molecule has 3 aromatic carbocycles. The topological polar surface area (TPSA) is 70.0 Å². The first-order chi connectivity index (χ1) is 17.6. The molecule has 0 atom stereocenters. The second kappa shape index (κ2) is 9.13. The molecule has 0 aliphatic carbocycles. The summed E-state index contributed by atoms with van der Waals surface area (Å²) in [5.41, 5.74) is 6.11. The largest absolute Gasteiger partial charge is 0.272 e. The summed E-state index contributed by atoms with van der Waals surface area (Å²) in [5, 5.41) is 14.9. The van der Waals surface area contributed by atoms with Gasteiger partial charge < -0.3 is 0 Å². The molecule has 6 aromatic rings. The van der Waals surface area contributed by atoms with Gasteiger partial charge in [-0.05, 0) is 55.3 Å². The maximum atomic E-state index is 13.4. The fraction of sp³-hybridized carbons (Fsp3) is 0.143. The van der Waals surface area contributed by atoms with Crippen molar-refractivity contribution >= 4 is 28.4 Å². The fourth-order valence-electron chi connectivity index (χ4n) is 4.51. The Hall–Kier alpha value is -4.17. The van der Waals surface area contributed by atoms with Crippen molar-refractivity contribution in [2.45, 2.75) is 31.3 Å². The van der Waals surface area contributed by atoms with E-state index >= 15 is 0 Å². The average Bonchev–Trinajstić information content (AvgIpc) is 3.48. The van der Waals surface area contributed by atoms with Gasteiger partial charge in [-0.25, -0.2) is 4.68 Å². The Morgan fingerprint density at radius 2 is 1.58 bits per heavy atom. The first kappa shape index (κ1) is 22.3. The molecule has 0 fully saturated rings. The van der Waals surface area contributed by atoms with Crippen molar-refractivity contribution in [3.63, 3.8) is 0 Å². The lowest BCUT2D eigenvalue weighted by atomic mass is 10.2. The molecule has 0 radical (unpaired) electrons. The molecular formula is C28H24N6OS. The van der Waals surface area contributed by atoms with Gasteiger partial charge >= 0.3 is 0 Å². The Labute approximate surface area is 212 Å². The van der Waals surface area contributed by atoms with Crippen LogP contribution < -0.4 is 5.56 Å². The van der Waals surface area contributed by atoms with E-state index in [0.29, 0.717) is 17.7 Å². The second-order valence-corrected chi connectivity index (χ2v) is 9.75. The number of fused-ring (bicyclic) bond motifs is 3. The molecule has 3 aromatic heterocycles. The number of thioether (sulfide) groups is 1. The molecule has 0 spiro atoms. The number of rotatable bonds is 6. The van der Waals surface area contributed by atoms with E-state index in [-0.39, 0.29) is 5.56 Å². The van der Waals surface area contributed by atoms with Crippen LogP contribution in [0.3, 0.4) is 0 Å². The highest BCUT2D eigenvalue weighted by Gasteiger charge is 2.17. The number of nitrogens with zero attached hydrogens (tertiary/aromatic N) is 6. The summed E-state index contributed by atoms with van der Waals surface area (Å²) in [5.74, 6) is 1.27. The van der Waals surface area contributed by atoms with Gasteiger partial charge in [-0.2, -0.15) is 5.10 Å². The number of para-hydroxylation sites is 1. The highest BCUT2D eigenvalue weighted by atomic mass is 32.2. The van der Waals surface area contributed by atoms with Gasteiger partial charge in [-0.1, -0.05) is 66.4 Å². The zero-order valence-electron chi connectivity index (χ0n) is 20.0. The third-order valence-corrected chi connectivity index (χ3v) is 7.22. The maximum Gasteiger partial charge on any atom is 0.263 e. The maximum absolute atomic E-state index is 13.4. The number of hydrogen-bond acceptors (Lipinski definition) is 5. The van der Waals surface area contributed by atoms with Crippen LogP contribution >= 0.6 is 11.8 Å². The van der Waals surface area contributed by atoms with Crippen LogP contribution in [-0.4, -0.2) is 28.9 Å². The van der Waals surface area contributed by atoms with Gasteiger partial charge in [0.2, 0.25) is 5.78 Å². The molecule has 0 bridgehead atoms. The third kappa shape index (κ3) is 3.99. The van der Waals surface area contributed by atoms with Crippen molar-refractivity contribution in [1.29, 1.82) is 0 Å². The van der Waals surface area contributed by atoms with Crippen LogP contribution in [0.4, 0.5) is 0 Å². The van der Waals surface area contributed by atoms with Crippen molar-refractivity contribution in [1.82, 2.24) is 28.9 Å². The summed E-state index contributed by atoms with van der Waals surface area (Å²) in [7, 11) is 0. The van der Waals surface area contributed by atoms with Crippen molar-refractivity contribution in [3.05, 3.63) is 118 Å². The van der Waals surface area contributed by atoms with Crippen LogP contribution in [0.5, 0.6) is 0 Å². The van der Waals surface area contributed by atoms with E-state index in [1.165, 1.54) is 5.56 Å². The standard InChI is InChI=1S/C28H24N6OS/c1-19-16-20(2)34(31-19)23-14-12-22(13-15-23)18-36-28-30-29-27-32(17-21-8-4-3-5-9-21)26(35)24-10-6-7-11-25(24)33(27)28/h3-16H,17-18H2,1-2H3. The predicted octanol–water partition coefficient (Wildman–Crippen LogP) is 5.19. The molecule has 8 heteroatoms. The van der Waals surface area contributed by atoms with E-state index in [9.17, 15) is 4.79 Å². The van der Waals surface area contributed by atoms with Gasteiger partial charge in [0.25, 0.3) is 5.56 Å². The Morgan fingerprint density at radius 3 is 2.33 bits per heavy atom. The minimum atomic E-state index is -0.0642. The Kier molecular flexibility index (Phi) is 5.65. The molecule has 0 amide bonds. The van der Waals surface area contributed by atoms with Crippen LogP contribution in [0.1, 0.15) is 22.5 Å². The molecule has 36 heavy (non-hydrogen) atoms. The first-order valence-electron chi connectivity index (χ1n) is 11.7. The van der Waals surface area contributed by atoms with Crippen LogP contribution in [0.25, 0.3) is 22.4 Å². The minimum absolute atomic E-state index is 0.0642. The Bertz CT molecular complexity index is 1750. The summed E-state index contributed by atoms with van der Waals surface area (Å²) in [6, 6.07) is 28.1. The summed E-state index contributed by atoms with van der Waals surface area (Å²) in [6.45, 7) is 4.49.